The number of anilines is 1. The predicted molar refractivity (Wildman–Crippen MR) is 105 cm³/mol. The fraction of sp³-hybridized carbons (Fsp3) is 0.111. The molecule has 0 aliphatic heterocycles. The van der Waals surface area contributed by atoms with Crippen LogP contribution in [-0.2, 0) is 6.42 Å². The third kappa shape index (κ3) is 3.86. The molecule has 3 aromatic rings. The SMILES string of the molecule is CCc1cccc(NC(=S)NNC(=O)c2n[nH]c(=O)c3ccccc23)c1. The Morgan fingerprint density at radius 2 is 1.88 bits per heavy atom. The molecule has 0 unspecified atom stereocenters. The molecule has 2 aromatic carbocycles. The number of nitrogens with one attached hydrogen (secondary N) is 4. The number of rotatable bonds is 3. The monoisotopic (exact) mass is 367 g/mol. The number of carbonyl (C=O) groups is 1. The van der Waals surface area contributed by atoms with Gasteiger partial charge in [0.1, 0.15) is 0 Å². The van der Waals surface area contributed by atoms with Crippen LogP contribution in [0.4, 0.5) is 5.69 Å². The summed E-state index contributed by atoms with van der Waals surface area (Å²) >= 11 is 5.19. The second-order valence-corrected chi connectivity index (χ2v) is 5.94. The molecular weight excluding hydrogens is 350 g/mol. The van der Waals surface area contributed by atoms with Crippen molar-refractivity contribution in [3.8, 4) is 0 Å². The highest BCUT2D eigenvalue weighted by Crippen LogP contribution is 2.12. The van der Waals surface area contributed by atoms with Crippen molar-refractivity contribution < 1.29 is 4.79 Å². The summed E-state index contributed by atoms with van der Waals surface area (Å²) in [5.74, 6) is -0.510. The standard InChI is InChI=1S/C18H17N5O2S/c1-2-11-6-5-7-12(10-11)19-18(26)23-22-17(25)15-13-8-3-4-9-14(13)16(24)21-20-15/h3-10H,2H2,1H3,(H,21,24)(H,22,25)(H2,19,23,26). The van der Waals surface area contributed by atoms with Crippen LogP contribution < -0.4 is 21.7 Å². The number of thiocarbonyl (C=S) groups is 1. The first kappa shape index (κ1) is 17.6. The number of benzene rings is 2. The normalized spacial score (nSPS) is 10.3. The van der Waals surface area contributed by atoms with Gasteiger partial charge in [-0.05, 0) is 42.4 Å². The summed E-state index contributed by atoms with van der Waals surface area (Å²) in [7, 11) is 0. The van der Waals surface area contributed by atoms with Crippen LogP contribution >= 0.6 is 12.2 Å². The molecule has 1 heterocycles. The van der Waals surface area contributed by atoms with Crippen molar-refractivity contribution in [2.75, 3.05) is 5.32 Å². The fourth-order valence-electron chi connectivity index (χ4n) is 2.49. The minimum atomic E-state index is -0.510. The third-order valence-electron chi connectivity index (χ3n) is 3.79. The Morgan fingerprint density at radius 3 is 2.65 bits per heavy atom. The maximum atomic E-state index is 12.4. The first-order valence-corrected chi connectivity index (χ1v) is 8.43. The molecule has 1 amide bonds. The number of H-pyrrole nitrogens is 1. The quantitative estimate of drug-likeness (QED) is 0.418. The number of hydrogen-bond acceptors (Lipinski definition) is 4. The second kappa shape index (κ2) is 7.75. The smallest absolute Gasteiger partial charge is 0.290 e. The van der Waals surface area contributed by atoms with Crippen molar-refractivity contribution in [2.45, 2.75) is 13.3 Å². The number of amides is 1. The first-order chi connectivity index (χ1) is 12.6. The summed E-state index contributed by atoms with van der Waals surface area (Å²) < 4.78 is 0. The number of aromatic amines is 1. The van der Waals surface area contributed by atoms with Gasteiger partial charge >= 0.3 is 0 Å². The maximum absolute atomic E-state index is 12.4. The molecule has 0 atom stereocenters. The molecule has 0 radical (unpaired) electrons. The lowest BCUT2D eigenvalue weighted by atomic mass is 10.1. The van der Waals surface area contributed by atoms with Gasteiger partial charge in [0.2, 0.25) is 0 Å². The average molecular weight is 367 g/mol. The molecule has 0 bridgehead atoms. The molecule has 1 aromatic heterocycles. The lowest BCUT2D eigenvalue weighted by molar-refractivity contribution is 0.0940. The Bertz CT molecular complexity index is 1030. The van der Waals surface area contributed by atoms with Crippen LogP contribution in [0.1, 0.15) is 23.0 Å². The molecule has 0 aliphatic carbocycles. The van der Waals surface area contributed by atoms with Crippen molar-refractivity contribution >= 4 is 39.7 Å². The van der Waals surface area contributed by atoms with Crippen molar-refractivity contribution in [3.05, 3.63) is 70.1 Å². The summed E-state index contributed by atoms with van der Waals surface area (Å²) in [6.07, 6.45) is 0.914. The Balaban J connectivity index is 1.68. The number of aromatic nitrogens is 2. The topological polar surface area (TPSA) is 98.9 Å². The van der Waals surface area contributed by atoms with Gasteiger partial charge in [-0.3, -0.25) is 20.4 Å². The molecule has 0 saturated carbocycles. The Hall–Kier alpha value is -3.26. The van der Waals surface area contributed by atoms with Crippen molar-refractivity contribution in [1.82, 2.24) is 21.0 Å². The van der Waals surface area contributed by atoms with E-state index in [4.69, 9.17) is 12.2 Å². The lowest BCUT2D eigenvalue weighted by Crippen LogP contribution is -2.44. The zero-order valence-corrected chi connectivity index (χ0v) is 14.8. The van der Waals surface area contributed by atoms with E-state index in [1.54, 1.807) is 24.3 Å². The Kier molecular flexibility index (Phi) is 5.23. The maximum Gasteiger partial charge on any atom is 0.290 e. The van der Waals surface area contributed by atoms with Gasteiger partial charge < -0.3 is 5.32 Å². The van der Waals surface area contributed by atoms with E-state index in [0.717, 1.165) is 12.1 Å². The zero-order valence-electron chi connectivity index (χ0n) is 14.0. The third-order valence-corrected chi connectivity index (χ3v) is 4.00. The average Bonchev–Trinajstić information content (AvgIpc) is 2.67. The number of hydrogen-bond donors (Lipinski definition) is 4. The molecule has 4 N–H and O–H groups in total. The lowest BCUT2D eigenvalue weighted by Gasteiger charge is -2.12. The summed E-state index contributed by atoms with van der Waals surface area (Å²) in [5, 5.41) is 10.2. The van der Waals surface area contributed by atoms with Gasteiger partial charge in [0, 0.05) is 11.1 Å². The van der Waals surface area contributed by atoms with E-state index < -0.39 is 5.91 Å². The van der Waals surface area contributed by atoms with E-state index in [-0.39, 0.29) is 16.4 Å². The second-order valence-electron chi connectivity index (χ2n) is 5.53. The molecular formula is C18H17N5O2S. The number of carbonyl (C=O) groups excluding carboxylic acids is 1. The highest BCUT2D eigenvalue weighted by Gasteiger charge is 2.14. The molecule has 0 saturated heterocycles. The largest absolute Gasteiger partial charge is 0.331 e. The number of hydrazine groups is 1. The summed E-state index contributed by atoms with van der Waals surface area (Å²) in [6, 6.07) is 14.6. The highest BCUT2D eigenvalue weighted by atomic mass is 32.1. The molecule has 8 heteroatoms. The zero-order chi connectivity index (χ0) is 18.5. The van der Waals surface area contributed by atoms with Crippen LogP contribution in [0.3, 0.4) is 0 Å². The van der Waals surface area contributed by atoms with Gasteiger partial charge in [-0.2, -0.15) is 5.10 Å². The van der Waals surface area contributed by atoms with E-state index >= 15 is 0 Å². The van der Waals surface area contributed by atoms with Crippen LogP contribution in [0.5, 0.6) is 0 Å². The Morgan fingerprint density at radius 1 is 1.12 bits per heavy atom. The van der Waals surface area contributed by atoms with Crippen molar-refractivity contribution in [1.29, 1.82) is 0 Å². The molecule has 132 valence electrons. The predicted octanol–water partition coefficient (Wildman–Crippen LogP) is 2.12. The minimum Gasteiger partial charge on any atom is -0.331 e. The van der Waals surface area contributed by atoms with Crippen LogP contribution in [-0.4, -0.2) is 21.2 Å². The molecule has 0 fully saturated rings. The van der Waals surface area contributed by atoms with E-state index in [2.05, 4.69) is 33.3 Å². The first-order valence-electron chi connectivity index (χ1n) is 8.02. The van der Waals surface area contributed by atoms with Gasteiger partial charge in [-0.25, -0.2) is 5.10 Å². The van der Waals surface area contributed by atoms with Gasteiger partial charge in [0.05, 0.1) is 5.39 Å². The van der Waals surface area contributed by atoms with Gasteiger partial charge in [-0.1, -0.05) is 37.3 Å². The van der Waals surface area contributed by atoms with E-state index in [0.29, 0.717) is 10.8 Å². The number of fused-ring (bicyclic) bond motifs is 1. The van der Waals surface area contributed by atoms with E-state index in [1.165, 1.54) is 5.56 Å². The number of nitrogens with zero attached hydrogens (tertiary/aromatic N) is 1. The highest BCUT2D eigenvalue weighted by molar-refractivity contribution is 7.80. The molecule has 0 spiro atoms. The van der Waals surface area contributed by atoms with Crippen LogP contribution in [0, 0.1) is 0 Å². The number of aryl methyl sites for hydroxylation is 1. The van der Waals surface area contributed by atoms with Crippen LogP contribution in [0.25, 0.3) is 10.8 Å². The van der Waals surface area contributed by atoms with Crippen LogP contribution in [0.2, 0.25) is 0 Å². The molecule has 26 heavy (non-hydrogen) atoms. The summed E-state index contributed by atoms with van der Waals surface area (Å²) in [6.45, 7) is 2.07. The van der Waals surface area contributed by atoms with E-state index in [1.807, 2.05) is 24.3 Å². The van der Waals surface area contributed by atoms with Crippen molar-refractivity contribution in [3.63, 3.8) is 0 Å². The van der Waals surface area contributed by atoms with Crippen LogP contribution in [0.15, 0.2) is 53.3 Å². The van der Waals surface area contributed by atoms with Crippen molar-refractivity contribution in [2.24, 2.45) is 0 Å². The van der Waals surface area contributed by atoms with Gasteiger partial charge in [0.25, 0.3) is 11.5 Å². The minimum absolute atomic E-state index is 0.100. The Labute approximate surface area is 154 Å². The van der Waals surface area contributed by atoms with Gasteiger partial charge in [-0.15, -0.1) is 0 Å². The fourth-order valence-corrected chi connectivity index (χ4v) is 2.66. The molecule has 3 rings (SSSR count). The van der Waals surface area contributed by atoms with Gasteiger partial charge in [0.15, 0.2) is 10.8 Å². The molecule has 7 nitrogen and oxygen atoms in total. The summed E-state index contributed by atoms with van der Waals surface area (Å²) in [5.41, 5.74) is 6.86. The van der Waals surface area contributed by atoms with E-state index in [9.17, 15) is 9.59 Å². The summed E-state index contributed by atoms with van der Waals surface area (Å²) in [4.78, 5) is 24.2. The molecule has 0 aliphatic rings.